The average molecular weight is 339 g/mol. The second-order valence-electron chi connectivity index (χ2n) is 6.78. The Hall–Kier alpha value is -2.55. The fourth-order valence-corrected chi connectivity index (χ4v) is 3.33. The number of nitrogens with zero attached hydrogens (tertiary/aromatic N) is 2. The summed E-state index contributed by atoms with van der Waals surface area (Å²) in [4.78, 5) is 12.3. The Bertz CT molecular complexity index is 747. The molecule has 130 valence electrons. The molecule has 3 aliphatic rings. The van der Waals surface area contributed by atoms with Gasteiger partial charge in [-0.05, 0) is 30.0 Å². The Morgan fingerprint density at radius 3 is 2.84 bits per heavy atom. The van der Waals surface area contributed by atoms with Gasteiger partial charge in [-0.15, -0.1) is 12.3 Å². The predicted octanol–water partition coefficient (Wildman–Crippen LogP) is 2.64. The van der Waals surface area contributed by atoms with E-state index in [-0.39, 0.29) is 23.4 Å². The average Bonchev–Trinajstić information content (AvgIpc) is 3.55. The van der Waals surface area contributed by atoms with Crippen LogP contribution in [0.3, 0.4) is 0 Å². The number of nitrogens with one attached hydrogen (secondary N) is 1. The number of rotatable bonds is 7. The highest BCUT2D eigenvalue weighted by Gasteiger charge is 2.45. The molecule has 2 atom stereocenters. The lowest BCUT2D eigenvalue weighted by atomic mass is 10.0. The van der Waals surface area contributed by atoms with Gasteiger partial charge in [0.25, 0.3) is 0 Å². The molecule has 1 amide bonds. The van der Waals surface area contributed by atoms with Crippen LogP contribution in [0.5, 0.6) is 11.5 Å². The zero-order valence-electron chi connectivity index (χ0n) is 14.0. The van der Waals surface area contributed by atoms with Crippen LogP contribution in [-0.2, 0) is 4.79 Å². The van der Waals surface area contributed by atoms with Crippen molar-refractivity contribution in [3.8, 4) is 23.8 Å². The number of carbonyl (C=O) groups is 1. The molecule has 2 heterocycles. The molecule has 1 fully saturated rings. The maximum Gasteiger partial charge on any atom is 0.223 e. The van der Waals surface area contributed by atoms with Gasteiger partial charge in [0.1, 0.15) is 13.2 Å². The third-order valence-electron chi connectivity index (χ3n) is 5.00. The van der Waals surface area contributed by atoms with Gasteiger partial charge in [0.05, 0.1) is 0 Å². The van der Waals surface area contributed by atoms with E-state index in [4.69, 9.17) is 15.9 Å². The van der Waals surface area contributed by atoms with Crippen molar-refractivity contribution in [1.82, 2.24) is 5.32 Å². The van der Waals surface area contributed by atoms with E-state index in [2.05, 4.69) is 21.5 Å². The molecule has 4 rings (SSSR count). The Kier molecular flexibility index (Phi) is 4.08. The van der Waals surface area contributed by atoms with Crippen LogP contribution in [0.25, 0.3) is 0 Å². The van der Waals surface area contributed by atoms with Gasteiger partial charge in [0.2, 0.25) is 5.91 Å². The minimum absolute atomic E-state index is 0.0392. The maximum absolute atomic E-state index is 12.3. The number of terminal acetylenes is 1. The molecule has 1 aromatic rings. The molecule has 0 bridgehead atoms. The second kappa shape index (κ2) is 6.40. The molecule has 0 spiro atoms. The van der Waals surface area contributed by atoms with Crippen molar-refractivity contribution < 1.29 is 14.3 Å². The summed E-state index contributed by atoms with van der Waals surface area (Å²) in [7, 11) is 0. The highest BCUT2D eigenvalue weighted by molar-refractivity contribution is 5.83. The monoisotopic (exact) mass is 339 g/mol. The van der Waals surface area contributed by atoms with Crippen molar-refractivity contribution in [1.29, 1.82) is 0 Å². The molecule has 1 aliphatic carbocycles. The van der Waals surface area contributed by atoms with Crippen molar-refractivity contribution >= 4 is 5.91 Å². The quantitative estimate of drug-likeness (QED) is 0.776. The minimum atomic E-state index is -0.335. The first-order valence-electron chi connectivity index (χ1n) is 8.76. The molecule has 25 heavy (non-hydrogen) atoms. The zero-order valence-corrected chi connectivity index (χ0v) is 14.0. The summed E-state index contributed by atoms with van der Waals surface area (Å²) in [6, 6.07) is 5.97. The van der Waals surface area contributed by atoms with Gasteiger partial charge < -0.3 is 14.8 Å². The van der Waals surface area contributed by atoms with E-state index in [9.17, 15) is 4.79 Å². The van der Waals surface area contributed by atoms with Crippen molar-refractivity contribution in [2.75, 3.05) is 19.8 Å². The van der Waals surface area contributed by atoms with Crippen molar-refractivity contribution in [2.24, 2.45) is 16.1 Å². The molecule has 1 N–H and O–H groups in total. The number of carbonyl (C=O) groups excluding carboxylic acids is 1. The SMILES string of the molecule is C#CCCC1(CCNC(=O)C2CC2c2ccc3c(c2)OCCO3)N=N1. The van der Waals surface area contributed by atoms with Crippen LogP contribution in [0.1, 0.15) is 37.2 Å². The van der Waals surface area contributed by atoms with E-state index in [1.54, 1.807) is 0 Å². The summed E-state index contributed by atoms with van der Waals surface area (Å²) >= 11 is 0. The fourth-order valence-electron chi connectivity index (χ4n) is 3.33. The van der Waals surface area contributed by atoms with Gasteiger partial charge in [-0.2, -0.15) is 10.2 Å². The normalized spacial score (nSPS) is 24.3. The van der Waals surface area contributed by atoms with Crippen LogP contribution >= 0.6 is 0 Å². The first kappa shape index (κ1) is 15.9. The van der Waals surface area contributed by atoms with Crippen LogP contribution in [0, 0.1) is 18.3 Å². The van der Waals surface area contributed by atoms with Gasteiger partial charge in [-0.25, -0.2) is 0 Å². The van der Waals surface area contributed by atoms with Gasteiger partial charge in [0.15, 0.2) is 17.2 Å². The molecule has 6 heteroatoms. The van der Waals surface area contributed by atoms with E-state index in [0.29, 0.717) is 26.2 Å². The topological polar surface area (TPSA) is 72.3 Å². The first-order chi connectivity index (χ1) is 12.2. The lowest BCUT2D eigenvalue weighted by Gasteiger charge is -2.18. The zero-order chi connectivity index (χ0) is 17.3. The predicted molar refractivity (Wildman–Crippen MR) is 91.6 cm³/mol. The van der Waals surface area contributed by atoms with Gasteiger partial charge in [-0.1, -0.05) is 6.07 Å². The number of hydrogen-bond acceptors (Lipinski definition) is 5. The number of fused-ring (bicyclic) bond motifs is 1. The molecule has 2 unspecified atom stereocenters. The number of hydrogen-bond donors (Lipinski definition) is 1. The van der Waals surface area contributed by atoms with Crippen LogP contribution in [0.2, 0.25) is 0 Å². The lowest BCUT2D eigenvalue weighted by Crippen LogP contribution is -2.29. The summed E-state index contributed by atoms with van der Waals surface area (Å²) in [6.45, 7) is 1.74. The number of amides is 1. The van der Waals surface area contributed by atoms with Crippen molar-refractivity contribution in [2.45, 2.75) is 37.3 Å². The minimum Gasteiger partial charge on any atom is -0.486 e. The smallest absolute Gasteiger partial charge is 0.223 e. The van der Waals surface area contributed by atoms with Crippen molar-refractivity contribution in [3.05, 3.63) is 23.8 Å². The molecule has 2 aliphatic heterocycles. The third kappa shape index (κ3) is 3.46. The van der Waals surface area contributed by atoms with E-state index < -0.39 is 0 Å². The Balaban J connectivity index is 1.26. The van der Waals surface area contributed by atoms with Gasteiger partial charge in [-0.3, -0.25) is 4.79 Å². The standard InChI is InChI=1S/C19H21N3O3/c1-2-3-6-19(21-22-19)7-8-20-18(23)15-12-14(15)13-4-5-16-17(11-13)25-10-9-24-16/h1,4-5,11,14-15H,3,6-10,12H2,(H,20,23). The van der Waals surface area contributed by atoms with Crippen LogP contribution in [0.4, 0.5) is 0 Å². The van der Waals surface area contributed by atoms with Crippen LogP contribution in [0.15, 0.2) is 28.4 Å². The van der Waals surface area contributed by atoms with E-state index >= 15 is 0 Å². The molecule has 0 aromatic heterocycles. The highest BCUT2D eigenvalue weighted by atomic mass is 16.6. The molecular formula is C19H21N3O3. The van der Waals surface area contributed by atoms with Crippen LogP contribution < -0.4 is 14.8 Å². The van der Waals surface area contributed by atoms with Crippen LogP contribution in [-0.4, -0.2) is 31.3 Å². The van der Waals surface area contributed by atoms with Gasteiger partial charge in [0, 0.05) is 31.7 Å². The lowest BCUT2D eigenvalue weighted by molar-refractivity contribution is -0.122. The fraction of sp³-hybridized carbons (Fsp3) is 0.526. The summed E-state index contributed by atoms with van der Waals surface area (Å²) < 4.78 is 11.2. The summed E-state index contributed by atoms with van der Waals surface area (Å²) in [5, 5.41) is 11.2. The molecule has 0 saturated heterocycles. The summed E-state index contributed by atoms with van der Waals surface area (Å²) in [5.41, 5.74) is 0.806. The Labute approximate surface area is 147 Å². The summed E-state index contributed by atoms with van der Waals surface area (Å²) in [6.07, 6.45) is 8.31. The van der Waals surface area contributed by atoms with E-state index in [0.717, 1.165) is 36.3 Å². The second-order valence-corrected chi connectivity index (χ2v) is 6.78. The maximum atomic E-state index is 12.3. The van der Waals surface area contributed by atoms with Gasteiger partial charge >= 0.3 is 0 Å². The molecule has 1 aromatic carbocycles. The first-order valence-corrected chi connectivity index (χ1v) is 8.76. The van der Waals surface area contributed by atoms with E-state index in [1.807, 2.05) is 18.2 Å². The molecule has 0 radical (unpaired) electrons. The number of benzene rings is 1. The molecular weight excluding hydrogens is 318 g/mol. The molecule has 1 saturated carbocycles. The molecule has 6 nitrogen and oxygen atoms in total. The van der Waals surface area contributed by atoms with E-state index in [1.165, 1.54) is 0 Å². The largest absolute Gasteiger partial charge is 0.486 e. The third-order valence-corrected chi connectivity index (χ3v) is 5.00. The van der Waals surface area contributed by atoms with Crippen molar-refractivity contribution in [3.63, 3.8) is 0 Å². The number of ether oxygens (including phenoxy) is 2. The Morgan fingerprint density at radius 2 is 2.08 bits per heavy atom. The summed E-state index contributed by atoms with van der Waals surface area (Å²) in [5.74, 6) is 4.58. The highest BCUT2D eigenvalue weighted by Crippen LogP contribution is 2.49. The Morgan fingerprint density at radius 1 is 1.28 bits per heavy atom.